The van der Waals surface area contributed by atoms with E-state index in [0.717, 1.165) is 35.4 Å². The molecule has 0 unspecified atom stereocenters. The molecule has 0 bridgehead atoms. The molecule has 25 heavy (non-hydrogen) atoms. The van der Waals surface area contributed by atoms with Gasteiger partial charge in [0.05, 0.1) is 24.4 Å². The molecule has 0 atom stereocenters. The zero-order chi connectivity index (χ0) is 17.8. The molecule has 0 saturated heterocycles. The molecular weight excluding hydrogens is 336 g/mol. The summed E-state index contributed by atoms with van der Waals surface area (Å²) in [5.41, 5.74) is 3.12. The minimum Gasteiger partial charge on any atom is -0.497 e. The molecule has 4 nitrogen and oxygen atoms in total. The van der Waals surface area contributed by atoms with Crippen molar-refractivity contribution in [1.29, 1.82) is 0 Å². The Morgan fingerprint density at radius 2 is 1.92 bits per heavy atom. The van der Waals surface area contributed by atoms with Gasteiger partial charge in [-0.15, -0.1) is 0 Å². The van der Waals surface area contributed by atoms with Crippen LogP contribution in [-0.2, 0) is 11.3 Å². The summed E-state index contributed by atoms with van der Waals surface area (Å²) in [4.78, 5) is 19.2. The van der Waals surface area contributed by atoms with E-state index < -0.39 is 0 Å². The van der Waals surface area contributed by atoms with Crippen molar-refractivity contribution in [3.05, 3.63) is 58.6 Å². The van der Waals surface area contributed by atoms with Gasteiger partial charge in [0.1, 0.15) is 11.5 Å². The topological polar surface area (TPSA) is 41.9 Å². The van der Waals surface area contributed by atoms with Crippen molar-refractivity contribution in [2.24, 2.45) is 4.99 Å². The second-order valence-electron chi connectivity index (χ2n) is 5.96. The summed E-state index contributed by atoms with van der Waals surface area (Å²) in [6.45, 7) is 3.21. The van der Waals surface area contributed by atoms with Gasteiger partial charge in [0.25, 0.3) is 5.91 Å². The van der Waals surface area contributed by atoms with Crippen molar-refractivity contribution >= 4 is 28.9 Å². The molecule has 0 fully saturated rings. The number of carbonyl (C=O) groups excluding carboxylic acids is 1. The van der Waals surface area contributed by atoms with Crippen LogP contribution >= 0.6 is 11.6 Å². The minimum atomic E-state index is -0.0648. The lowest BCUT2D eigenvalue weighted by Crippen LogP contribution is -2.31. The van der Waals surface area contributed by atoms with Crippen LogP contribution < -0.4 is 9.64 Å². The molecular formula is C20H21ClN2O2. The summed E-state index contributed by atoms with van der Waals surface area (Å²) < 4.78 is 5.16. The second kappa shape index (κ2) is 7.70. The average Bonchev–Trinajstić information content (AvgIpc) is 2.91. The van der Waals surface area contributed by atoms with Crippen molar-refractivity contribution in [3.8, 4) is 5.75 Å². The lowest BCUT2D eigenvalue weighted by Gasteiger charge is -2.17. The zero-order valence-electron chi connectivity index (χ0n) is 14.5. The Bertz CT molecular complexity index is 800. The number of rotatable bonds is 6. The smallest absolute Gasteiger partial charge is 0.277 e. The largest absolute Gasteiger partial charge is 0.497 e. The Kier molecular flexibility index (Phi) is 5.39. The van der Waals surface area contributed by atoms with Crippen LogP contribution in [0.1, 0.15) is 30.9 Å². The van der Waals surface area contributed by atoms with E-state index in [4.69, 9.17) is 16.3 Å². The summed E-state index contributed by atoms with van der Waals surface area (Å²) in [6.07, 6.45) is 1.95. The first-order valence-electron chi connectivity index (χ1n) is 8.43. The Balaban J connectivity index is 1.90. The molecule has 1 aliphatic rings. The van der Waals surface area contributed by atoms with Gasteiger partial charge >= 0.3 is 0 Å². The van der Waals surface area contributed by atoms with E-state index in [1.165, 1.54) is 0 Å². The van der Waals surface area contributed by atoms with Crippen molar-refractivity contribution in [2.75, 3.05) is 18.6 Å². The van der Waals surface area contributed by atoms with Gasteiger partial charge in [0, 0.05) is 12.1 Å². The molecule has 0 radical (unpaired) electrons. The number of carbonyl (C=O) groups is 1. The molecule has 1 heterocycles. The molecule has 3 rings (SSSR count). The van der Waals surface area contributed by atoms with Gasteiger partial charge in [-0.2, -0.15) is 0 Å². The summed E-state index contributed by atoms with van der Waals surface area (Å²) in [7, 11) is 1.64. The Labute approximate surface area is 153 Å². The van der Waals surface area contributed by atoms with Crippen molar-refractivity contribution in [2.45, 2.75) is 26.3 Å². The maximum Gasteiger partial charge on any atom is 0.277 e. The highest BCUT2D eigenvalue weighted by molar-refractivity contribution is 6.56. The average molecular weight is 357 g/mol. The van der Waals surface area contributed by atoms with Crippen molar-refractivity contribution < 1.29 is 9.53 Å². The van der Waals surface area contributed by atoms with Crippen LogP contribution in [0.2, 0.25) is 5.02 Å². The predicted molar refractivity (Wildman–Crippen MR) is 102 cm³/mol. The summed E-state index contributed by atoms with van der Waals surface area (Å²) in [5.74, 6) is 0.737. The zero-order valence-corrected chi connectivity index (χ0v) is 15.2. The van der Waals surface area contributed by atoms with Crippen LogP contribution in [0.25, 0.3) is 0 Å². The number of aliphatic imine (C=N–C) groups is 1. The van der Waals surface area contributed by atoms with Gasteiger partial charge in [-0.3, -0.25) is 9.79 Å². The van der Waals surface area contributed by atoms with E-state index in [1.807, 2.05) is 42.5 Å². The number of benzene rings is 2. The molecule has 2 aromatic carbocycles. The fourth-order valence-electron chi connectivity index (χ4n) is 2.91. The Morgan fingerprint density at radius 1 is 1.16 bits per heavy atom. The van der Waals surface area contributed by atoms with Crippen LogP contribution in [0, 0.1) is 0 Å². The second-order valence-corrected chi connectivity index (χ2v) is 6.37. The first-order chi connectivity index (χ1) is 12.2. The third-order valence-electron chi connectivity index (χ3n) is 4.27. The minimum absolute atomic E-state index is 0.0648. The van der Waals surface area contributed by atoms with Gasteiger partial charge in [-0.05, 0) is 30.2 Å². The number of halogens is 1. The number of unbranched alkanes of at least 4 members (excludes halogenated alkanes) is 1. The molecule has 5 heteroatoms. The monoisotopic (exact) mass is 356 g/mol. The molecule has 0 spiro atoms. The highest BCUT2D eigenvalue weighted by atomic mass is 35.5. The van der Waals surface area contributed by atoms with Crippen LogP contribution in [-0.4, -0.2) is 25.3 Å². The van der Waals surface area contributed by atoms with E-state index in [9.17, 15) is 4.79 Å². The first kappa shape index (κ1) is 17.5. The van der Waals surface area contributed by atoms with Crippen LogP contribution in [0.4, 0.5) is 5.69 Å². The number of nitrogens with zero attached hydrogens (tertiary/aromatic N) is 2. The van der Waals surface area contributed by atoms with Crippen LogP contribution in [0.15, 0.2) is 47.5 Å². The predicted octanol–water partition coefficient (Wildman–Crippen LogP) is 4.48. The number of hydrogen-bond acceptors (Lipinski definition) is 3. The molecule has 0 saturated carbocycles. The third-order valence-corrected chi connectivity index (χ3v) is 4.58. The Hall–Kier alpha value is -2.33. The summed E-state index contributed by atoms with van der Waals surface area (Å²) in [5, 5.41) is 0.594. The number of para-hydroxylation sites is 1. The lowest BCUT2D eigenvalue weighted by atomic mass is 10.1. The van der Waals surface area contributed by atoms with E-state index in [1.54, 1.807) is 12.0 Å². The van der Waals surface area contributed by atoms with Crippen molar-refractivity contribution in [1.82, 2.24) is 0 Å². The highest BCUT2D eigenvalue weighted by Crippen LogP contribution is 2.36. The van der Waals surface area contributed by atoms with E-state index in [-0.39, 0.29) is 5.91 Å². The van der Waals surface area contributed by atoms with Crippen LogP contribution in [0.5, 0.6) is 5.75 Å². The molecule has 130 valence electrons. The lowest BCUT2D eigenvalue weighted by molar-refractivity contribution is -0.112. The first-order valence-corrected chi connectivity index (χ1v) is 8.81. The van der Waals surface area contributed by atoms with Crippen molar-refractivity contribution in [3.63, 3.8) is 0 Å². The summed E-state index contributed by atoms with van der Waals surface area (Å²) >= 11 is 6.36. The number of amides is 1. The van der Waals surface area contributed by atoms with Crippen LogP contribution in [0.3, 0.4) is 0 Å². The third kappa shape index (κ3) is 3.54. The Morgan fingerprint density at radius 3 is 2.60 bits per heavy atom. The number of ether oxygens (including phenoxy) is 1. The molecule has 1 aliphatic heterocycles. The van der Waals surface area contributed by atoms with Gasteiger partial charge in [-0.25, -0.2) is 0 Å². The van der Waals surface area contributed by atoms with E-state index in [0.29, 0.717) is 23.8 Å². The van der Waals surface area contributed by atoms with Gasteiger partial charge in [-0.1, -0.05) is 49.2 Å². The standard InChI is InChI=1S/C20H21ClN2O2/c1-3-4-12-23-19-16(6-5-7-17(19)21)18(20(23)24)22-13-14-8-10-15(25-2)11-9-14/h5-11H,3-4,12-13H2,1-2H3. The SMILES string of the molecule is CCCCN1C(=O)C(=NCc2ccc(OC)cc2)c2cccc(Cl)c21. The quantitative estimate of drug-likeness (QED) is 0.765. The fraction of sp³-hybridized carbons (Fsp3) is 0.300. The molecule has 0 aliphatic carbocycles. The highest BCUT2D eigenvalue weighted by Gasteiger charge is 2.34. The normalized spacial score (nSPS) is 14.9. The van der Waals surface area contributed by atoms with E-state index >= 15 is 0 Å². The molecule has 0 N–H and O–H groups in total. The maximum absolute atomic E-state index is 12.9. The molecule has 2 aromatic rings. The van der Waals surface area contributed by atoms with Gasteiger partial charge in [0.15, 0.2) is 0 Å². The van der Waals surface area contributed by atoms with Gasteiger partial charge in [0.2, 0.25) is 0 Å². The molecule has 0 aromatic heterocycles. The number of fused-ring (bicyclic) bond motifs is 1. The molecule has 1 amide bonds. The number of hydrogen-bond donors (Lipinski definition) is 0. The maximum atomic E-state index is 12.9. The fourth-order valence-corrected chi connectivity index (χ4v) is 3.19. The van der Waals surface area contributed by atoms with Gasteiger partial charge < -0.3 is 9.64 Å². The van der Waals surface area contributed by atoms with E-state index in [2.05, 4.69) is 11.9 Å². The summed E-state index contributed by atoms with van der Waals surface area (Å²) in [6, 6.07) is 13.3. The number of methoxy groups -OCH3 is 1. The number of anilines is 1.